The van der Waals surface area contributed by atoms with Crippen molar-refractivity contribution in [1.29, 1.82) is 0 Å². The SMILES string of the molecule is CN1C(=O)[C@@H](NC(=O)c2ncn(C[C@@H]3CC3(F)F)n2)CCn2nc(C3CC3)cc21. The van der Waals surface area contributed by atoms with Crippen LogP contribution >= 0.6 is 0 Å². The number of fused-ring (bicyclic) bond motifs is 1. The van der Waals surface area contributed by atoms with Gasteiger partial charge in [-0.1, -0.05) is 0 Å². The third-order valence-corrected chi connectivity index (χ3v) is 5.78. The monoisotopic (exact) mass is 405 g/mol. The van der Waals surface area contributed by atoms with E-state index in [1.807, 2.05) is 6.07 Å². The van der Waals surface area contributed by atoms with Gasteiger partial charge in [0.05, 0.1) is 12.2 Å². The highest BCUT2D eigenvalue weighted by molar-refractivity contribution is 6.00. The second-order valence-corrected chi connectivity index (χ2v) is 8.09. The van der Waals surface area contributed by atoms with Gasteiger partial charge in [-0.2, -0.15) is 5.10 Å². The summed E-state index contributed by atoms with van der Waals surface area (Å²) in [6.07, 6.45) is 3.74. The number of carbonyl (C=O) groups is 2. The van der Waals surface area contributed by atoms with Crippen molar-refractivity contribution in [2.24, 2.45) is 5.92 Å². The number of rotatable bonds is 5. The van der Waals surface area contributed by atoms with Crippen LogP contribution in [0.1, 0.15) is 47.9 Å². The van der Waals surface area contributed by atoms with Crippen LogP contribution in [0.5, 0.6) is 0 Å². The van der Waals surface area contributed by atoms with Crippen LogP contribution in [0.25, 0.3) is 0 Å². The minimum Gasteiger partial charge on any atom is -0.337 e. The number of aromatic nitrogens is 5. The molecule has 0 spiro atoms. The highest BCUT2D eigenvalue weighted by atomic mass is 19.3. The van der Waals surface area contributed by atoms with Crippen molar-refractivity contribution < 1.29 is 18.4 Å². The molecular formula is C18H21F2N7O2. The van der Waals surface area contributed by atoms with Crippen molar-refractivity contribution in [3.63, 3.8) is 0 Å². The first-order chi connectivity index (χ1) is 13.8. The van der Waals surface area contributed by atoms with Gasteiger partial charge in [0, 0.05) is 37.9 Å². The Morgan fingerprint density at radius 3 is 2.76 bits per heavy atom. The zero-order valence-corrected chi connectivity index (χ0v) is 15.9. The summed E-state index contributed by atoms with van der Waals surface area (Å²) in [5.74, 6) is -3.18. The number of amides is 2. The van der Waals surface area contributed by atoms with Crippen LogP contribution in [0.2, 0.25) is 0 Å². The standard InChI is InChI=1S/C18H21F2N7O2/c1-25-14-6-13(10-2-3-10)23-27(14)5-4-12(17(25)29)22-16(28)15-21-9-26(24-15)8-11-7-18(11,19)20/h6,9-12H,2-5,7-8H2,1H3,(H,22,28)/t11-,12-/m0/s1. The molecular weight excluding hydrogens is 384 g/mol. The van der Waals surface area contributed by atoms with E-state index in [0.29, 0.717) is 18.9 Å². The van der Waals surface area contributed by atoms with E-state index in [2.05, 4.69) is 20.5 Å². The average Bonchev–Trinajstić information content (AvgIpc) is 3.51. The maximum absolute atomic E-state index is 13.0. The molecule has 2 amide bonds. The molecule has 2 atom stereocenters. The molecule has 2 saturated carbocycles. The van der Waals surface area contributed by atoms with Crippen LogP contribution in [0.15, 0.2) is 12.4 Å². The van der Waals surface area contributed by atoms with Gasteiger partial charge in [-0.3, -0.25) is 19.2 Å². The smallest absolute Gasteiger partial charge is 0.291 e. The molecule has 29 heavy (non-hydrogen) atoms. The molecule has 2 aliphatic carbocycles. The van der Waals surface area contributed by atoms with Crippen molar-refractivity contribution in [2.75, 3.05) is 11.9 Å². The first-order valence-corrected chi connectivity index (χ1v) is 9.75. The summed E-state index contributed by atoms with van der Waals surface area (Å²) in [6, 6.07) is 1.20. The number of halogens is 2. The van der Waals surface area contributed by atoms with Gasteiger partial charge in [0.25, 0.3) is 17.7 Å². The largest absolute Gasteiger partial charge is 0.337 e. The number of hydrogen-bond acceptors (Lipinski definition) is 5. The number of nitrogens with zero attached hydrogens (tertiary/aromatic N) is 6. The van der Waals surface area contributed by atoms with Gasteiger partial charge in [-0.05, 0) is 19.3 Å². The molecule has 2 aromatic heterocycles. The Hall–Kier alpha value is -2.85. The van der Waals surface area contributed by atoms with E-state index in [1.165, 1.54) is 15.9 Å². The molecule has 11 heteroatoms. The molecule has 3 aliphatic rings. The molecule has 1 N–H and O–H groups in total. The van der Waals surface area contributed by atoms with E-state index in [1.54, 1.807) is 11.7 Å². The lowest BCUT2D eigenvalue weighted by Gasteiger charge is -2.19. The van der Waals surface area contributed by atoms with E-state index in [0.717, 1.165) is 24.4 Å². The van der Waals surface area contributed by atoms with Crippen molar-refractivity contribution in [3.05, 3.63) is 23.9 Å². The summed E-state index contributed by atoms with van der Waals surface area (Å²) < 4.78 is 29.1. The Labute approximate surface area is 165 Å². The molecule has 2 fully saturated rings. The van der Waals surface area contributed by atoms with Gasteiger partial charge in [0.15, 0.2) is 0 Å². The fourth-order valence-electron chi connectivity index (χ4n) is 3.70. The van der Waals surface area contributed by atoms with Gasteiger partial charge < -0.3 is 5.32 Å². The molecule has 0 aromatic carbocycles. The molecule has 0 radical (unpaired) electrons. The van der Waals surface area contributed by atoms with Crippen molar-refractivity contribution in [3.8, 4) is 0 Å². The summed E-state index contributed by atoms with van der Waals surface area (Å²) in [7, 11) is 1.67. The molecule has 0 bridgehead atoms. The molecule has 2 aromatic rings. The number of likely N-dealkylation sites (N-methyl/N-ethyl adjacent to an activating group) is 1. The van der Waals surface area contributed by atoms with E-state index in [-0.39, 0.29) is 24.7 Å². The van der Waals surface area contributed by atoms with Crippen LogP contribution in [0.3, 0.4) is 0 Å². The van der Waals surface area contributed by atoms with Gasteiger partial charge in [-0.15, -0.1) is 5.10 Å². The quantitative estimate of drug-likeness (QED) is 0.805. The van der Waals surface area contributed by atoms with Crippen molar-refractivity contribution in [2.45, 2.75) is 56.7 Å². The fourth-order valence-corrected chi connectivity index (χ4v) is 3.70. The Balaban J connectivity index is 1.24. The number of aryl methyl sites for hydroxylation is 1. The van der Waals surface area contributed by atoms with E-state index in [4.69, 9.17) is 0 Å². The van der Waals surface area contributed by atoms with Crippen molar-refractivity contribution in [1.82, 2.24) is 29.9 Å². The van der Waals surface area contributed by atoms with E-state index >= 15 is 0 Å². The highest BCUT2D eigenvalue weighted by Crippen LogP contribution is 2.49. The molecule has 0 unspecified atom stereocenters. The fraction of sp³-hybridized carbons (Fsp3) is 0.611. The van der Waals surface area contributed by atoms with Crippen LogP contribution in [0, 0.1) is 5.92 Å². The summed E-state index contributed by atoms with van der Waals surface area (Å²) in [5.41, 5.74) is 1.01. The van der Waals surface area contributed by atoms with E-state index in [9.17, 15) is 18.4 Å². The molecule has 1 aliphatic heterocycles. The van der Waals surface area contributed by atoms with Gasteiger partial charge in [0.1, 0.15) is 18.2 Å². The lowest BCUT2D eigenvalue weighted by atomic mass is 10.2. The molecule has 3 heterocycles. The summed E-state index contributed by atoms with van der Waals surface area (Å²) >= 11 is 0. The number of alkyl halides is 2. The van der Waals surface area contributed by atoms with Gasteiger partial charge >= 0.3 is 0 Å². The molecule has 0 saturated heterocycles. The number of anilines is 1. The highest BCUT2D eigenvalue weighted by Gasteiger charge is 2.56. The van der Waals surface area contributed by atoms with Crippen LogP contribution in [-0.4, -0.2) is 55.4 Å². The summed E-state index contributed by atoms with van der Waals surface area (Å²) in [5, 5.41) is 11.2. The zero-order chi connectivity index (χ0) is 20.3. The predicted molar refractivity (Wildman–Crippen MR) is 96.6 cm³/mol. The van der Waals surface area contributed by atoms with Crippen molar-refractivity contribution >= 4 is 17.6 Å². The third-order valence-electron chi connectivity index (χ3n) is 5.78. The molecule has 9 nitrogen and oxygen atoms in total. The second kappa shape index (κ2) is 6.33. The maximum Gasteiger partial charge on any atom is 0.291 e. The topological polar surface area (TPSA) is 97.9 Å². The van der Waals surface area contributed by atoms with Gasteiger partial charge in [-0.25, -0.2) is 18.4 Å². The average molecular weight is 405 g/mol. The summed E-state index contributed by atoms with van der Waals surface area (Å²) in [6.45, 7) is 0.518. The Morgan fingerprint density at radius 1 is 1.31 bits per heavy atom. The van der Waals surface area contributed by atoms with Gasteiger partial charge in [0.2, 0.25) is 5.82 Å². The maximum atomic E-state index is 13.0. The summed E-state index contributed by atoms with van der Waals surface area (Å²) in [4.78, 5) is 30.7. The molecule has 154 valence electrons. The van der Waals surface area contributed by atoms with Crippen LogP contribution in [0.4, 0.5) is 14.6 Å². The minimum atomic E-state index is -2.66. The first kappa shape index (κ1) is 18.2. The minimum absolute atomic E-state index is 0.0167. The lowest BCUT2D eigenvalue weighted by molar-refractivity contribution is -0.120. The Kier molecular flexibility index (Phi) is 3.97. The first-order valence-electron chi connectivity index (χ1n) is 9.75. The lowest BCUT2D eigenvalue weighted by Crippen LogP contribution is -2.47. The van der Waals surface area contributed by atoms with E-state index < -0.39 is 23.8 Å². The predicted octanol–water partition coefficient (Wildman–Crippen LogP) is 1.17. The molecule has 5 rings (SSSR count). The number of hydrogen-bond donors (Lipinski definition) is 1. The third kappa shape index (κ3) is 3.38. The number of carbonyl (C=O) groups excluding carboxylic acids is 2. The Morgan fingerprint density at radius 2 is 2.07 bits per heavy atom. The van der Waals surface area contributed by atoms with Crippen LogP contribution < -0.4 is 10.2 Å². The second-order valence-electron chi connectivity index (χ2n) is 8.09. The Bertz CT molecular complexity index is 981. The zero-order valence-electron chi connectivity index (χ0n) is 15.9. The van der Waals surface area contributed by atoms with Crippen LogP contribution in [-0.2, 0) is 17.9 Å². The normalized spacial score (nSPS) is 25.5. The number of nitrogens with one attached hydrogen (secondary N) is 1.